The van der Waals surface area contributed by atoms with Crippen LogP contribution in [0.1, 0.15) is 29.7 Å². The number of rotatable bonds is 7. The first kappa shape index (κ1) is 23.2. The number of halogens is 2. The summed E-state index contributed by atoms with van der Waals surface area (Å²) in [7, 11) is 0. The third-order valence-corrected chi connectivity index (χ3v) is 6.63. The molecule has 7 heteroatoms. The Morgan fingerprint density at radius 1 is 0.971 bits per heavy atom. The molecule has 35 heavy (non-hydrogen) atoms. The monoisotopic (exact) mass is 479 g/mol. The van der Waals surface area contributed by atoms with Gasteiger partial charge in [0.15, 0.2) is 0 Å². The van der Waals surface area contributed by atoms with Crippen molar-refractivity contribution in [1.82, 2.24) is 4.90 Å². The van der Waals surface area contributed by atoms with Crippen LogP contribution in [0.25, 0.3) is 11.1 Å². The van der Waals surface area contributed by atoms with Gasteiger partial charge in [0.05, 0.1) is 6.67 Å². The van der Waals surface area contributed by atoms with Gasteiger partial charge in [-0.3, -0.25) is 9.29 Å². The first-order valence-electron chi connectivity index (χ1n) is 11.6. The normalized spacial score (nSPS) is 18.1. The van der Waals surface area contributed by atoms with Crippen LogP contribution in [-0.2, 0) is 0 Å². The lowest BCUT2D eigenvalue weighted by Gasteiger charge is -2.37. The van der Waals surface area contributed by atoms with Gasteiger partial charge in [-0.2, -0.15) is 0 Å². The fraction of sp³-hybridized carbons (Fsp3) is 0.286. The van der Waals surface area contributed by atoms with Gasteiger partial charge in [-0.1, -0.05) is 12.1 Å². The minimum atomic E-state index is -0.629. The van der Waals surface area contributed by atoms with E-state index in [9.17, 15) is 19.0 Å². The number of nitrogens with zero attached hydrogens (tertiary/aromatic N) is 1. The van der Waals surface area contributed by atoms with Gasteiger partial charge < -0.3 is 19.7 Å². The molecule has 2 N–H and O–H groups in total. The number of ether oxygens (including phenoxy) is 2. The molecule has 0 spiro atoms. The molecule has 0 aromatic heterocycles. The van der Waals surface area contributed by atoms with Crippen LogP contribution in [0.2, 0.25) is 0 Å². The van der Waals surface area contributed by atoms with E-state index in [1.165, 1.54) is 18.2 Å². The number of aromatic hydroxyl groups is 2. The maximum absolute atomic E-state index is 14.9. The molecule has 3 aromatic rings. The summed E-state index contributed by atoms with van der Waals surface area (Å²) in [5, 5.41) is 20.0. The average molecular weight is 480 g/mol. The molecule has 1 saturated heterocycles. The average Bonchev–Trinajstić information content (AvgIpc) is 2.83. The molecule has 0 amide bonds. The largest absolute Gasteiger partial charge is 0.508 e. The maximum Gasteiger partial charge on any atom is 0.150 e. The van der Waals surface area contributed by atoms with Crippen molar-refractivity contribution in [3.8, 4) is 23.0 Å². The molecule has 5 nitrogen and oxygen atoms in total. The van der Waals surface area contributed by atoms with E-state index < -0.39 is 11.9 Å². The minimum absolute atomic E-state index is 0.0501. The fourth-order valence-electron chi connectivity index (χ4n) is 4.73. The topological polar surface area (TPSA) is 62.2 Å². The van der Waals surface area contributed by atoms with Gasteiger partial charge in [-0.05, 0) is 66.6 Å². The highest BCUT2D eigenvalue weighted by atomic mass is 19.1. The Morgan fingerprint density at radius 2 is 1.66 bits per heavy atom. The van der Waals surface area contributed by atoms with Gasteiger partial charge in [-0.25, -0.2) is 4.39 Å². The second-order valence-corrected chi connectivity index (χ2v) is 9.08. The van der Waals surface area contributed by atoms with Crippen LogP contribution in [0.5, 0.6) is 23.0 Å². The van der Waals surface area contributed by atoms with E-state index in [-0.39, 0.29) is 29.7 Å². The van der Waals surface area contributed by atoms with E-state index in [4.69, 9.17) is 9.47 Å². The van der Waals surface area contributed by atoms with Crippen LogP contribution < -0.4 is 9.47 Å². The van der Waals surface area contributed by atoms with Gasteiger partial charge in [0.25, 0.3) is 0 Å². The van der Waals surface area contributed by atoms with Gasteiger partial charge in [0.2, 0.25) is 0 Å². The smallest absolute Gasteiger partial charge is 0.150 e. The number of likely N-dealkylation sites (tertiary alicyclic amines) is 1. The van der Waals surface area contributed by atoms with E-state index in [0.717, 1.165) is 30.8 Å². The van der Waals surface area contributed by atoms with E-state index >= 15 is 0 Å². The lowest BCUT2D eigenvalue weighted by Crippen LogP contribution is -2.49. The number of allylic oxidation sites excluding steroid dienone is 1. The van der Waals surface area contributed by atoms with Crippen LogP contribution in [0.15, 0.2) is 60.7 Å². The van der Waals surface area contributed by atoms with E-state index in [1.807, 2.05) is 31.2 Å². The highest BCUT2D eigenvalue weighted by Crippen LogP contribution is 2.48. The number of fused-ring (bicyclic) bond motifs is 1. The molecule has 1 atom stereocenters. The molecule has 0 saturated carbocycles. The van der Waals surface area contributed by atoms with Crippen LogP contribution in [0.4, 0.5) is 8.78 Å². The third-order valence-electron chi connectivity index (χ3n) is 6.63. The Balaban J connectivity index is 1.41. The zero-order valence-electron chi connectivity index (χ0n) is 19.4. The first-order chi connectivity index (χ1) is 16.9. The summed E-state index contributed by atoms with van der Waals surface area (Å²) in [5.74, 6) is 0.988. The van der Waals surface area contributed by atoms with Crippen molar-refractivity contribution in [2.75, 3.05) is 32.9 Å². The highest BCUT2D eigenvalue weighted by molar-refractivity contribution is 5.96. The molecular weight excluding hydrogens is 452 g/mol. The quantitative estimate of drug-likeness (QED) is 0.463. The fourth-order valence-corrected chi connectivity index (χ4v) is 4.73. The zero-order valence-corrected chi connectivity index (χ0v) is 19.4. The van der Waals surface area contributed by atoms with Crippen molar-refractivity contribution < 1.29 is 28.5 Å². The Morgan fingerprint density at radius 3 is 2.37 bits per heavy atom. The summed E-state index contributed by atoms with van der Waals surface area (Å²) in [6.45, 7) is 4.39. The Bertz CT molecular complexity index is 1250. The molecule has 182 valence electrons. The Kier molecular flexibility index (Phi) is 6.34. The molecule has 5 rings (SSSR count). The van der Waals surface area contributed by atoms with Gasteiger partial charge in [0.1, 0.15) is 41.5 Å². The molecule has 0 bridgehead atoms. The summed E-state index contributed by atoms with van der Waals surface area (Å²) in [5.41, 5.74) is 3.02. The molecule has 2 heterocycles. The number of alkyl halides is 1. The molecule has 1 unspecified atom stereocenters. The predicted molar refractivity (Wildman–Crippen MR) is 130 cm³/mol. The van der Waals surface area contributed by atoms with Crippen molar-refractivity contribution >= 4 is 11.1 Å². The molecular formula is C28H27F2NO4. The second kappa shape index (κ2) is 9.58. The van der Waals surface area contributed by atoms with Crippen molar-refractivity contribution in [2.45, 2.75) is 13.0 Å². The molecule has 3 aromatic carbocycles. The maximum atomic E-state index is 14.9. The summed E-state index contributed by atoms with van der Waals surface area (Å²) in [6.07, 6.45) is -0.629. The standard InChI is InChI=1S/C28H27F2NO4/c1-17-23-12-21(33)5-9-26(23)35-28(27(17)24-13-20(32)4-8-25(24)30)19-2-6-22(7-3-19)34-11-10-31-15-18(14-29)16-31/h2-9,12-13,18,28,32-33H,10-11,14-16H2,1H3. The zero-order chi connectivity index (χ0) is 24.5. The van der Waals surface area contributed by atoms with E-state index in [2.05, 4.69) is 4.90 Å². The first-order valence-corrected chi connectivity index (χ1v) is 11.6. The number of hydrogen-bond acceptors (Lipinski definition) is 5. The number of phenolic OH excluding ortho intramolecular Hbond substituents is 2. The molecule has 1 fully saturated rings. The molecule has 0 aliphatic carbocycles. The summed E-state index contributed by atoms with van der Waals surface area (Å²) < 4.78 is 39.7. The van der Waals surface area contributed by atoms with Crippen molar-refractivity contribution in [2.24, 2.45) is 5.92 Å². The SMILES string of the molecule is CC1=C(c2cc(O)ccc2F)C(c2ccc(OCCN3CC(CF)C3)cc2)Oc2ccc(O)cc21. The highest BCUT2D eigenvalue weighted by Gasteiger charge is 2.31. The van der Waals surface area contributed by atoms with Crippen LogP contribution in [0.3, 0.4) is 0 Å². The summed E-state index contributed by atoms with van der Waals surface area (Å²) in [4.78, 5) is 2.16. The molecule has 2 aliphatic heterocycles. The lowest BCUT2D eigenvalue weighted by molar-refractivity contribution is 0.0668. The van der Waals surface area contributed by atoms with Crippen LogP contribution in [0, 0.1) is 11.7 Å². The van der Waals surface area contributed by atoms with Gasteiger partial charge in [-0.15, -0.1) is 0 Å². The van der Waals surface area contributed by atoms with Crippen LogP contribution in [-0.4, -0.2) is 48.0 Å². The number of hydrogen-bond donors (Lipinski definition) is 2. The lowest BCUT2D eigenvalue weighted by atomic mass is 9.86. The number of phenols is 2. The predicted octanol–water partition coefficient (Wildman–Crippen LogP) is 5.58. The van der Waals surface area contributed by atoms with E-state index in [0.29, 0.717) is 29.2 Å². The minimum Gasteiger partial charge on any atom is -0.508 e. The van der Waals surface area contributed by atoms with Gasteiger partial charge >= 0.3 is 0 Å². The second-order valence-electron chi connectivity index (χ2n) is 9.08. The summed E-state index contributed by atoms with van der Waals surface area (Å²) >= 11 is 0. The van der Waals surface area contributed by atoms with Crippen molar-refractivity contribution in [1.29, 1.82) is 0 Å². The molecule has 2 aliphatic rings. The van der Waals surface area contributed by atoms with Crippen molar-refractivity contribution in [3.05, 3.63) is 83.2 Å². The molecule has 0 radical (unpaired) electrons. The van der Waals surface area contributed by atoms with E-state index in [1.54, 1.807) is 18.2 Å². The van der Waals surface area contributed by atoms with Gasteiger partial charge in [0, 0.05) is 42.3 Å². The van der Waals surface area contributed by atoms with Crippen molar-refractivity contribution in [3.63, 3.8) is 0 Å². The number of benzene rings is 3. The third kappa shape index (κ3) is 4.68. The Hall–Kier alpha value is -3.58. The van der Waals surface area contributed by atoms with Crippen LogP contribution >= 0.6 is 0 Å². The Labute approximate surface area is 202 Å². The summed E-state index contributed by atoms with van der Waals surface area (Å²) in [6, 6.07) is 16.2.